The van der Waals surface area contributed by atoms with Gasteiger partial charge in [-0.25, -0.2) is 0 Å². The van der Waals surface area contributed by atoms with Gasteiger partial charge in [-0.2, -0.15) is 0 Å². The van der Waals surface area contributed by atoms with Gasteiger partial charge >= 0.3 is 0 Å². The molecule has 2 saturated heterocycles. The number of hydrogen-bond donors (Lipinski definition) is 2. The van der Waals surface area contributed by atoms with Crippen LogP contribution in [0.4, 0.5) is 0 Å². The molecule has 196 valence electrons. The smallest absolute Gasteiger partial charge is 0.202 e. The molecule has 4 unspecified atom stereocenters. The summed E-state index contributed by atoms with van der Waals surface area (Å²) in [6, 6.07) is 0. The van der Waals surface area contributed by atoms with Crippen molar-refractivity contribution in [3.05, 3.63) is 0 Å². The van der Waals surface area contributed by atoms with Crippen LogP contribution in [0.2, 0.25) is 0 Å². The quantitative estimate of drug-likeness (QED) is 0.102. The average molecular weight is 469 g/mol. The number of hydrogen-bond acceptors (Lipinski definition) is 5. The molecule has 0 spiro atoms. The van der Waals surface area contributed by atoms with Crippen LogP contribution in [0.5, 0.6) is 0 Å². The Labute approximate surface area is 205 Å². The van der Waals surface area contributed by atoms with Crippen LogP contribution in [0, 0.1) is 0 Å². The standard InChI is InChI=1S/C28H56N2O3/c1-3-5-7-9-11-13-15-17-19-21-23-29-25-27(31-25)33-28-26(32-28)30-24-22-20-18-16-14-12-10-8-6-4-2/h25-30H,3-24H2,1-2H3. The van der Waals surface area contributed by atoms with Gasteiger partial charge in [0.2, 0.25) is 12.6 Å². The van der Waals surface area contributed by atoms with Gasteiger partial charge in [-0.05, 0) is 25.9 Å². The summed E-state index contributed by atoms with van der Waals surface area (Å²) in [6.07, 6.45) is 27.3. The molecule has 2 aliphatic rings. The van der Waals surface area contributed by atoms with E-state index < -0.39 is 0 Å². The van der Waals surface area contributed by atoms with Gasteiger partial charge in [0.25, 0.3) is 0 Å². The van der Waals surface area contributed by atoms with Crippen molar-refractivity contribution in [3.63, 3.8) is 0 Å². The molecule has 0 aromatic rings. The molecule has 2 aliphatic heterocycles. The summed E-state index contributed by atoms with van der Waals surface area (Å²) in [6.45, 7) is 6.60. The molecule has 5 nitrogen and oxygen atoms in total. The van der Waals surface area contributed by atoms with Crippen molar-refractivity contribution in [3.8, 4) is 0 Å². The number of rotatable bonds is 26. The summed E-state index contributed by atoms with van der Waals surface area (Å²) in [5.41, 5.74) is 0. The van der Waals surface area contributed by atoms with Crippen LogP contribution in [0.1, 0.15) is 142 Å². The van der Waals surface area contributed by atoms with E-state index in [0.29, 0.717) is 0 Å². The van der Waals surface area contributed by atoms with Crippen molar-refractivity contribution in [2.24, 2.45) is 0 Å². The Morgan fingerprint density at radius 2 is 0.758 bits per heavy atom. The van der Waals surface area contributed by atoms with E-state index in [-0.39, 0.29) is 25.0 Å². The van der Waals surface area contributed by atoms with E-state index in [2.05, 4.69) is 24.5 Å². The van der Waals surface area contributed by atoms with Gasteiger partial charge in [0, 0.05) is 0 Å². The predicted octanol–water partition coefficient (Wildman–Crippen LogP) is 7.39. The van der Waals surface area contributed by atoms with Crippen molar-refractivity contribution in [2.45, 2.75) is 167 Å². The summed E-state index contributed by atoms with van der Waals surface area (Å²) < 4.78 is 17.0. The molecule has 2 heterocycles. The third-order valence-electron chi connectivity index (χ3n) is 6.92. The maximum absolute atomic E-state index is 5.83. The zero-order valence-electron chi connectivity index (χ0n) is 22.1. The van der Waals surface area contributed by atoms with Crippen LogP contribution < -0.4 is 10.6 Å². The van der Waals surface area contributed by atoms with E-state index in [4.69, 9.17) is 14.2 Å². The van der Waals surface area contributed by atoms with E-state index >= 15 is 0 Å². The van der Waals surface area contributed by atoms with Gasteiger partial charge in [-0.3, -0.25) is 10.6 Å². The zero-order chi connectivity index (χ0) is 23.4. The predicted molar refractivity (Wildman–Crippen MR) is 138 cm³/mol. The minimum atomic E-state index is -0.123. The number of ether oxygens (including phenoxy) is 3. The highest BCUT2D eigenvalue weighted by Gasteiger charge is 2.49. The molecular weight excluding hydrogens is 412 g/mol. The monoisotopic (exact) mass is 468 g/mol. The molecule has 2 rings (SSSR count). The molecule has 0 aliphatic carbocycles. The molecule has 2 N–H and O–H groups in total. The van der Waals surface area contributed by atoms with Crippen LogP contribution >= 0.6 is 0 Å². The Morgan fingerprint density at radius 3 is 1.09 bits per heavy atom. The van der Waals surface area contributed by atoms with E-state index in [1.54, 1.807) is 0 Å². The zero-order valence-corrected chi connectivity index (χ0v) is 22.1. The van der Waals surface area contributed by atoms with Gasteiger partial charge in [0.15, 0.2) is 12.5 Å². The van der Waals surface area contributed by atoms with Crippen molar-refractivity contribution in [2.75, 3.05) is 13.1 Å². The second-order valence-corrected chi connectivity index (χ2v) is 10.3. The van der Waals surface area contributed by atoms with Crippen molar-refractivity contribution in [1.82, 2.24) is 10.6 Å². The molecule has 0 aromatic heterocycles. The normalized spacial score (nSPS) is 23.8. The second kappa shape index (κ2) is 20.0. The maximum Gasteiger partial charge on any atom is 0.202 e. The fraction of sp³-hybridized carbons (Fsp3) is 1.00. The summed E-state index contributed by atoms with van der Waals surface area (Å²) >= 11 is 0. The first-order valence-corrected chi connectivity index (χ1v) is 14.8. The van der Waals surface area contributed by atoms with Gasteiger partial charge in [-0.1, -0.05) is 129 Å². The van der Waals surface area contributed by atoms with Crippen LogP contribution in [0.3, 0.4) is 0 Å². The third kappa shape index (κ3) is 16.2. The summed E-state index contributed by atoms with van der Waals surface area (Å²) in [7, 11) is 0. The lowest BCUT2D eigenvalue weighted by molar-refractivity contribution is -0.0104. The van der Waals surface area contributed by atoms with Gasteiger partial charge in [-0.15, -0.1) is 0 Å². The van der Waals surface area contributed by atoms with Crippen LogP contribution in [0.15, 0.2) is 0 Å². The summed E-state index contributed by atoms with van der Waals surface area (Å²) in [4.78, 5) is 0. The van der Waals surface area contributed by atoms with Gasteiger partial charge in [0.1, 0.15) is 0 Å². The Bertz CT molecular complexity index is 399. The Morgan fingerprint density at radius 1 is 0.455 bits per heavy atom. The molecular formula is C28H56N2O3. The Hall–Kier alpha value is -0.200. The maximum atomic E-state index is 5.83. The molecule has 0 amide bonds. The molecule has 0 bridgehead atoms. The van der Waals surface area contributed by atoms with Crippen LogP contribution in [0.25, 0.3) is 0 Å². The Kier molecular flexibility index (Phi) is 17.6. The second-order valence-electron chi connectivity index (χ2n) is 10.3. The van der Waals surface area contributed by atoms with E-state index in [1.165, 1.54) is 128 Å². The van der Waals surface area contributed by atoms with Gasteiger partial charge < -0.3 is 14.2 Å². The van der Waals surface area contributed by atoms with Crippen molar-refractivity contribution in [1.29, 1.82) is 0 Å². The minimum Gasteiger partial charge on any atom is -0.325 e. The number of epoxide rings is 2. The lowest BCUT2D eigenvalue weighted by Gasteiger charge is -2.03. The SMILES string of the molecule is CCCCCCCCCCCCNC1OC1OC1OC1NCCCCCCCCCCCC. The molecule has 2 fully saturated rings. The third-order valence-corrected chi connectivity index (χ3v) is 6.92. The number of nitrogens with one attached hydrogen (secondary N) is 2. The first-order valence-electron chi connectivity index (χ1n) is 14.8. The first kappa shape index (κ1) is 29.0. The van der Waals surface area contributed by atoms with E-state index in [1.807, 2.05) is 0 Å². The highest BCUT2D eigenvalue weighted by Crippen LogP contribution is 2.30. The average Bonchev–Trinajstić information content (AvgIpc) is 3.74. The van der Waals surface area contributed by atoms with E-state index in [0.717, 1.165) is 13.1 Å². The molecule has 5 heteroatoms. The molecule has 4 atom stereocenters. The van der Waals surface area contributed by atoms with Crippen molar-refractivity contribution < 1.29 is 14.2 Å². The summed E-state index contributed by atoms with van der Waals surface area (Å²) in [5.74, 6) is 0. The highest BCUT2D eigenvalue weighted by molar-refractivity contribution is 4.81. The fourth-order valence-electron chi connectivity index (χ4n) is 4.54. The highest BCUT2D eigenvalue weighted by atomic mass is 16.9. The lowest BCUT2D eigenvalue weighted by atomic mass is 10.1. The summed E-state index contributed by atoms with van der Waals surface area (Å²) in [5, 5.41) is 6.89. The van der Waals surface area contributed by atoms with Gasteiger partial charge in [0.05, 0.1) is 0 Å². The first-order chi connectivity index (χ1) is 16.3. The molecule has 33 heavy (non-hydrogen) atoms. The van der Waals surface area contributed by atoms with Crippen LogP contribution in [-0.4, -0.2) is 38.1 Å². The Balaban J connectivity index is 1.26. The largest absolute Gasteiger partial charge is 0.325 e. The topological polar surface area (TPSA) is 58.4 Å². The molecule has 0 radical (unpaired) electrons. The number of unbranched alkanes of at least 4 members (excludes halogenated alkanes) is 18. The fourth-order valence-corrected chi connectivity index (χ4v) is 4.54. The molecule has 0 saturated carbocycles. The molecule has 0 aromatic carbocycles. The van der Waals surface area contributed by atoms with Crippen LogP contribution in [-0.2, 0) is 14.2 Å². The lowest BCUT2D eigenvalue weighted by Crippen LogP contribution is -2.25. The van der Waals surface area contributed by atoms with Crippen molar-refractivity contribution >= 4 is 0 Å². The minimum absolute atomic E-state index is 0.0652. The van der Waals surface area contributed by atoms with E-state index in [9.17, 15) is 0 Å².